The van der Waals surface area contributed by atoms with Crippen molar-refractivity contribution in [2.75, 3.05) is 0 Å². The van der Waals surface area contributed by atoms with Gasteiger partial charge >= 0.3 is 0 Å². The predicted octanol–water partition coefficient (Wildman–Crippen LogP) is 13.1. The number of benzene rings is 7. The molecule has 0 spiro atoms. The molecule has 0 bridgehead atoms. The Bertz CT molecular complexity index is 2880. The maximum atomic E-state index is 5.18. The van der Waals surface area contributed by atoms with Gasteiger partial charge in [-0.15, -0.1) is 0 Å². The van der Waals surface area contributed by atoms with Gasteiger partial charge < -0.3 is 0 Å². The maximum Gasteiger partial charge on any atom is 0.164 e. The molecule has 9 rings (SSSR count). The van der Waals surface area contributed by atoms with E-state index < -0.39 is 0 Å². The lowest BCUT2D eigenvalue weighted by Gasteiger charge is -2.14. The van der Waals surface area contributed by atoms with Crippen LogP contribution in [0, 0.1) is 0 Å². The van der Waals surface area contributed by atoms with E-state index in [4.69, 9.17) is 15.0 Å². The van der Waals surface area contributed by atoms with Gasteiger partial charge in [-0.25, -0.2) is 15.0 Å². The van der Waals surface area contributed by atoms with Crippen LogP contribution in [0.2, 0.25) is 0 Å². The third-order valence-electron chi connectivity index (χ3n) is 10.1. The molecule has 0 amide bonds. The van der Waals surface area contributed by atoms with Crippen molar-refractivity contribution >= 4 is 39.3 Å². The highest BCUT2D eigenvalue weighted by atomic mass is 15.0. The van der Waals surface area contributed by atoms with Gasteiger partial charge in [0.2, 0.25) is 0 Å². The summed E-state index contributed by atoms with van der Waals surface area (Å²) in [6, 6.07) is 57.1. The van der Waals surface area contributed by atoms with Crippen molar-refractivity contribution in [3.63, 3.8) is 0 Å². The highest BCUT2D eigenvalue weighted by Crippen LogP contribution is 2.35. The number of allylic oxidation sites excluding steroid dienone is 1. The Morgan fingerprint density at radius 3 is 1.76 bits per heavy atom. The van der Waals surface area contributed by atoms with Crippen molar-refractivity contribution < 1.29 is 0 Å². The monoisotopic (exact) mass is 704 g/mol. The molecular formula is C51H36N4. The van der Waals surface area contributed by atoms with Gasteiger partial charge in [0, 0.05) is 29.1 Å². The fourth-order valence-corrected chi connectivity index (χ4v) is 7.21. The highest BCUT2D eigenvalue weighted by molar-refractivity contribution is 5.97. The second-order valence-electron chi connectivity index (χ2n) is 13.7. The Morgan fingerprint density at radius 1 is 0.455 bits per heavy atom. The Hall–Kier alpha value is -7.30. The van der Waals surface area contributed by atoms with Crippen molar-refractivity contribution in [3.05, 3.63) is 199 Å². The van der Waals surface area contributed by atoms with Crippen LogP contribution in [-0.2, 0) is 0 Å². The number of aromatic nitrogens is 4. The molecule has 2 aromatic heterocycles. The van der Waals surface area contributed by atoms with E-state index in [1.54, 1.807) is 0 Å². The summed E-state index contributed by atoms with van der Waals surface area (Å²) in [5, 5.41) is 4.68. The SMILES string of the molecule is C=Cc1c(/C=C(\C)c2cc(-c3ccc(-c4ccncc4)cc3)cc(-c3nc(-c4ccccc4)nc(-c4ccc5ccccc5c4)n3)c2)ccc2ccccc12. The van der Waals surface area contributed by atoms with Crippen LogP contribution in [-0.4, -0.2) is 19.9 Å². The summed E-state index contributed by atoms with van der Waals surface area (Å²) < 4.78 is 0. The third-order valence-corrected chi connectivity index (χ3v) is 10.1. The largest absolute Gasteiger partial charge is 0.265 e. The van der Waals surface area contributed by atoms with Crippen LogP contribution in [0.25, 0.3) is 95.7 Å². The molecule has 4 nitrogen and oxygen atoms in total. The van der Waals surface area contributed by atoms with Crippen molar-refractivity contribution in [2.45, 2.75) is 6.92 Å². The Balaban J connectivity index is 1.23. The third kappa shape index (κ3) is 6.85. The summed E-state index contributed by atoms with van der Waals surface area (Å²) >= 11 is 0. The zero-order valence-corrected chi connectivity index (χ0v) is 30.4. The first-order valence-corrected chi connectivity index (χ1v) is 18.4. The molecule has 0 aliphatic heterocycles. The molecule has 0 atom stereocenters. The second-order valence-corrected chi connectivity index (χ2v) is 13.7. The molecule has 0 radical (unpaired) electrons. The van der Waals surface area contributed by atoms with Crippen LogP contribution < -0.4 is 0 Å². The van der Waals surface area contributed by atoms with Crippen molar-refractivity contribution in [1.29, 1.82) is 0 Å². The first-order valence-electron chi connectivity index (χ1n) is 18.4. The molecule has 260 valence electrons. The number of nitrogens with zero attached hydrogens (tertiary/aromatic N) is 4. The van der Waals surface area contributed by atoms with E-state index in [1.807, 2.05) is 60.9 Å². The van der Waals surface area contributed by atoms with Gasteiger partial charge in [-0.05, 0) is 109 Å². The predicted molar refractivity (Wildman–Crippen MR) is 230 cm³/mol. The van der Waals surface area contributed by atoms with Crippen molar-refractivity contribution in [2.24, 2.45) is 0 Å². The molecule has 0 aliphatic carbocycles. The number of hydrogen-bond acceptors (Lipinski definition) is 4. The van der Waals surface area contributed by atoms with E-state index in [2.05, 4.69) is 146 Å². The Kier molecular flexibility index (Phi) is 8.91. The summed E-state index contributed by atoms with van der Waals surface area (Å²) in [6.45, 7) is 6.35. The molecule has 0 saturated heterocycles. The van der Waals surface area contributed by atoms with Gasteiger partial charge in [-0.2, -0.15) is 0 Å². The van der Waals surface area contributed by atoms with Crippen LogP contribution in [0.4, 0.5) is 0 Å². The quantitative estimate of drug-likeness (QED) is 0.148. The molecule has 4 heteroatoms. The fourth-order valence-electron chi connectivity index (χ4n) is 7.21. The van der Waals surface area contributed by atoms with Gasteiger partial charge in [0.05, 0.1) is 0 Å². The molecule has 55 heavy (non-hydrogen) atoms. The van der Waals surface area contributed by atoms with Crippen LogP contribution in [0.5, 0.6) is 0 Å². The lowest BCUT2D eigenvalue weighted by atomic mass is 9.93. The first-order chi connectivity index (χ1) is 27.1. The number of rotatable bonds is 8. The number of hydrogen-bond donors (Lipinski definition) is 0. The first kappa shape index (κ1) is 33.5. The number of pyridine rings is 1. The average Bonchev–Trinajstić information content (AvgIpc) is 3.26. The van der Waals surface area contributed by atoms with E-state index in [1.165, 1.54) is 16.2 Å². The molecule has 9 aromatic rings. The van der Waals surface area contributed by atoms with Gasteiger partial charge in [-0.3, -0.25) is 4.98 Å². The minimum absolute atomic E-state index is 0.610. The summed E-state index contributed by atoms with van der Waals surface area (Å²) in [6.07, 6.45) is 7.86. The van der Waals surface area contributed by atoms with Gasteiger partial charge in [0.15, 0.2) is 17.5 Å². The van der Waals surface area contributed by atoms with E-state index in [-0.39, 0.29) is 0 Å². The van der Waals surface area contributed by atoms with Gasteiger partial charge in [0.1, 0.15) is 0 Å². The Morgan fingerprint density at radius 2 is 1.02 bits per heavy atom. The van der Waals surface area contributed by atoms with Crippen LogP contribution >= 0.6 is 0 Å². The lowest BCUT2D eigenvalue weighted by molar-refractivity contribution is 1.07. The summed E-state index contributed by atoms with van der Waals surface area (Å²) in [7, 11) is 0. The highest BCUT2D eigenvalue weighted by Gasteiger charge is 2.16. The van der Waals surface area contributed by atoms with Crippen LogP contribution in [0.3, 0.4) is 0 Å². The van der Waals surface area contributed by atoms with Gasteiger partial charge in [-0.1, -0.05) is 146 Å². The molecule has 0 saturated carbocycles. The molecule has 0 fully saturated rings. The van der Waals surface area contributed by atoms with Crippen molar-refractivity contribution in [3.8, 4) is 56.4 Å². The summed E-state index contributed by atoms with van der Waals surface area (Å²) in [5.74, 6) is 1.86. The van der Waals surface area contributed by atoms with Crippen LogP contribution in [0.15, 0.2) is 183 Å². The topological polar surface area (TPSA) is 51.6 Å². The van der Waals surface area contributed by atoms with Gasteiger partial charge in [0.25, 0.3) is 0 Å². The minimum Gasteiger partial charge on any atom is -0.265 e. The van der Waals surface area contributed by atoms with E-state index in [9.17, 15) is 0 Å². The Labute approximate surface area is 320 Å². The second kappa shape index (κ2) is 14.6. The molecule has 0 aliphatic rings. The molecular weight excluding hydrogens is 669 g/mol. The van der Waals surface area contributed by atoms with E-state index >= 15 is 0 Å². The average molecular weight is 705 g/mol. The minimum atomic E-state index is 0.610. The van der Waals surface area contributed by atoms with Crippen LogP contribution in [0.1, 0.15) is 23.6 Å². The standard InChI is InChI=1S/C51H36N4/c1-3-47-42(23-22-39-12-9-10-16-48(39)47)29-34(2)44-31-45(37-19-17-36(18-20-37)38-25-27-52-28-26-38)33-46(32-44)51-54-49(40-13-5-4-6-14-40)53-50(55-51)43-24-21-35-11-7-8-15-41(35)30-43/h3-33H,1H2,2H3/b34-29+. The lowest BCUT2D eigenvalue weighted by Crippen LogP contribution is -2.01. The zero-order valence-electron chi connectivity index (χ0n) is 30.4. The molecule has 2 heterocycles. The molecule has 0 unspecified atom stereocenters. The van der Waals surface area contributed by atoms with E-state index in [0.717, 1.165) is 66.6 Å². The summed E-state index contributed by atoms with van der Waals surface area (Å²) in [4.78, 5) is 19.5. The van der Waals surface area contributed by atoms with Crippen molar-refractivity contribution in [1.82, 2.24) is 19.9 Å². The fraction of sp³-hybridized carbons (Fsp3) is 0.0196. The maximum absolute atomic E-state index is 5.18. The number of fused-ring (bicyclic) bond motifs is 2. The molecule has 0 N–H and O–H groups in total. The normalized spacial score (nSPS) is 11.5. The summed E-state index contributed by atoms with van der Waals surface area (Å²) in [5.41, 5.74) is 11.6. The van der Waals surface area contributed by atoms with E-state index in [0.29, 0.717) is 17.5 Å². The molecule has 7 aromatic carbocycles. The smallest absolute Gasteiger partial charge is 0.164 e. The zero-order chi connectivity index (χ0) is 37.1.